The van der Waals surface area contributed by atoms with Gasteiger partial charge in [-0.1, -0.05) is 23.1 Å². The molecule has 0 fully saturated rings. The van der Waals surface area contributed by atoms with E-state index in [4.69, 9.17) is 9.47 Å². The third-order valence-electron chi connectivity index (χ3n) is 7.19. The number of thioether (sulfide) groups is 1. The van der Waals surface area contributed by atoms with E-state index in [2.05, 4.69) is 20.8 Å². The van der Waals surface area contributed by atoms with Gasteiger partial charge in [-0.3, -0.25) is 9.11 Å². The Kier molecular flexibility index (Phi) is 13.3. The molecule has 0 atom stereocenters. The molecule has 2 aromatic carbocycles. The minimum absolute atomic E-state index is 0.214. The van der Waals surface area contributed by atoms with Gasteiger partial charge in [0.15, 0.2) is 6.54 Å². The molecule has 1 aliphatic heterocycles. The van der Waals surface area contributed by atoms with Crippen molar-refractivity contribution in [3.63, 3.8) is 0 Å². The van der Waals surface area contributed by atoms with Crippen LogP contribution in [-0.4, -0.2) is 77.8 Å². The maximum absolute atomic E-state index is 11.3. The van der Waals surface area contributed by atoms with Crippen molar-refractivity contribution in [2.45, 2.75) is 45.1 Å². The molecular formula is C29H43N3O8S4+2. The van der Waals surface area contributed by atoms with Crippen LogP contribution in [0.3, 0.4) is 0 Å². The van der Waals surface area contributed by atoms with Gasteiger partial charge in [0.1, 0.15) is 16.2 Å². The molecule has 44 heavy (non-hydrogen) atoms. The van der Waals surface area contributed by atoms with Crippen LogP contribution in [0.2, 0.25) is 0 Å². The van der Waals surface area contributed by atoms with E-state index in [1.807, 2.05) is 51.9 Å². The number of rotatable bonds is 14. The van der Waals surface area contributed by atoms with Crippen LogP contribution in [0.25, 0.3) is 16.3 Å². The van der Waals surface area contributed by atoms with Crippen LogP contribution >= 0.6 is 23.1 Å². The SMILES string of the molecule is CC[NH+](CC)CC.COc1ccc2c(c1)N(CCCS(=O)(=O)O)/C(=C\c1sc3ccc(OC)cc3[n+]1CCCS(=O)(=O)O)S2. The number of nitrogens with one attached hydrogen (secondary N) is 1. The fraction of sp³-hybridized carbons (Fsp3) is 0.483. The third-order valence-corrected chi connectivity index (χ3v) is 11.0. The van der Waals surface area contributed by atoms with E-state index >= 15 is 0 Å². The van der Waals surface area contributed by atoms with Crippen molar-refractivity contribution in [3.8, 4) is 11.5 Å². The standard InChI is InChI=1S/C23H26N2O8S4.C6H15N/c1-32-16-5-7-20-18(13-16)24(9-3-11-36(26,27)28)22(34-20)15-23-25(10-4-12-37(29,30)31)19-14-17(33-2)6-8-21(19)35-23;1-4-7(5-2)6-3/h5-8,13-15H,3-4,9-12H2,1-2H3,(H-,26,27,28,29,30,31);4-6H2,1-3H3/p+2. The fourth-order valence-corrected chi connectivity index (χ4v) is 8.03. The number of methoxy groups -OCH3 is 2. The Morgan fingerprint density at radius 3 is 2.05 bits per heavy atom. The maximum Gasteiger partial charge on any atom is 0.265 e. The highest BCUT2D eigenvalue weighted by Crippen LogP contribution is 2.48. The van der Waals surface area contributed by atoms with Crippen molar-refractivity contribution in [2.24, 2.45) is 0 Å². The van der Waals surface area contributed by atoms with Crippen molar-refractivity contribution in [1.29, 1.82) is 0 Å². The zero-order chi connectivity index (χ0) is 32.5. The minimum atomic E-state index is -4.10. The van der Waals surface area contributed by atoms with Crippen LogP contribution in [0.15, 0.2) is 46.3 Å². The summed E-state index contributed by atoms with van der Waals surface area (Å²) in [6.45, 7) is 11.2. The van der Waals surface area contributed by atoms with Crippen molar-refractivity contribution >= 4 is 65.3 Å². The quantitative estimate of drug-likeness (QED) is 0.170. The zero-order valence-electron chi connectivity index (χ0n) is 25.8. The topological polar surface area (TPSA) is 139 Å². The van der Waals surface area contributed by atoms with E-state index in [-0.39, 0.29) is 24.3 Å². The second kappa shape index (κ2) is 16.2. The first kappa shape index (κ1) is 36.1. The van der Waals surface area contributed by atoms with Crippen molar-refractivity contribution in [1.82, 2.24) is 0 Å². The maximum atomic E-state index is 11.3. The van der Waals surface area contributed by atoms with Crippen LogP contribution in [-0.2, 0) is 26.8 Å². The number of ether oxygens (including phenoxy) is 2. The van der Waals surface area contributed by atoms with Crippen molar-refractivity contribution < 1.29 is 44.9 Å². The summed E-state index contributed by atoms with van der Waals surface area (Å²) in [5, 5.41) is 1.70. The Morgan fingerprint density at radius 2 is 1.48 bits per heavy atom. The predicted octanol–water partition coefficient (Wildman–Crippen LogP) is 3.60. The Hall–Kier alpha value is -2.40. The second-order valence-corrected chi connectivity index (χ2v) is 15.4. The third kappa shape index (κ3) is 10.3. The van der Waals surface area contributed by atoms with E-state index < -0.39 is 20.2 Å². The van der Waals surface area contributed by atoms with Gasteiger partial charge in [-0.05, 0) is 51.5 Å². The molecule has 0 saturated heterocycles. The number of aryl methyl sites for hydroxylation is 1. The van der Waals surface area contributed by atoms with Gasteiger partial charge < -0.3 is 19.3 Å². The van der Waals surface area contributed by atoms with Gasteiger partial charge in [0.25, 0.3) is 25.2 Å². The smallest absolute Gasteiger partial charge is 0.265 e. The molecule has 0 unspecified atom stereocenters. The Bertz CT molecular complexity index is 1650. The number of nitrogens with zero attached hydrogens (tertiary/aromatic N) is 2. The first-order valence-corrected chi connectivity index (χ1v) is 19.3. The number of quaternary nitrogens is 1. The summed E-state index contributed by atoms with van der Waals surface area (Å²) in [5.41, 5.74) is 1.73. The number of fused-ring (bicyclic) bond motifs is 2. The highest BCUT2D eigenvalue weighted by molar-refractivity contribution is 8.04. The van der Waals surface area contributed by atoms with E-state index in [1.165, 1.54) is 42.7 Å². The average molecular weight is 690 g/mol. The van der Waals surface area contributed by atoms with E-state index in [0.717, 1.165) is 30.8 Å². The van der Waals surface area contributed by atoms with Crippen molar-refractivity contribution in [3.05, 3.63) is 46.4 Å². The normalized spacial score (nSPS) is 14.2. The second-order valence-electron chi connectivity index (χ2n) is 10.1. The highest BCUT2D eigenvalue weighted by atomic mass is 32.2. The lowest BCUT2D eigenvalue weighted by molar-refractivity contribution is -0.894. The molecule has 0 saturated carbocycles. The molecule has 0 spiro atoms. The first-order valence-electron chi connectivity index (χ1n) is 14.4. The molecule has 3 aromatic rings. The number of benzene rings is 2. The van der Waals surface area contributed by atoms with E-state index in [1.54, 1.807) is 19.1 Å². The summed E-state index contributed by atoms with van der Waals surface area (Å²) >= 11 is 3.05. The molecule has 0 radical (unpaired) electrons. The van der Waals surface area contributed by atoms with Crippen LogP contribution in [0.1, 0.15) is 38.6 Å². The molecule has 0 bridgehead atoms. The minimum Gasteiger partial charge on any atom is -0.497 e. The zero-order valence-corrected chi connectivity index (χ0v) is 29.0. The van der Waals surface area contributed by atoms with Gasteiger partial charge in [-0.15, -0.1) is 0 Å². The van der Waals surface area contributed by atoms with Gasteiger partial charge in [0.2, 0.25) is 5.52 Å². The summed E-state index contributed by atoms with van der Waals surface area (Å²) in [6, 6.07) is 11.3. The highest BCUT2D eigenvalue weighted by Gasteiger charge is 2.29. The summed E-state index contributed by atoms with van der Waals surface area (Å²) in [5.74, 6) is 0.599. The molecule has 0 aliphatic carbocycles. The number of anilines is 1. The number of thiazole rings is 1. The lowest BCUT2D eigenvalue weighted by Gasteiger charge is -2.20. The van der Waals surface area contributed by atoms with Gasteiger partial charge in [-0.25, -0.2) is 0 Å². The van der Waals surface area contributed by atoms with Gasteiger partial charge in [-0.2, -0.15) is 21.4 Å². The summed E-state index contributed by atoms with van der Waals surface area (Å²) in [6.07, 6.45) is 2.41. The number of hydrogen-bond donors (Lipinski definition) is 3. The molecule has 0 amide bonds. The van der Waals surface area contributed by atoms with E-state index in [9.17, 15) is 25.9 Å². The number of hydrogen-bond acceptors (Lipinski definition) is 9. The molecule has 2 heterocycles. The first-order chi connectivity index (χ1) is 20.8. The molecule has 15 heteroatoms. The van der Waals surface area contributed by atoms with Crippen molar-refractivity contribution in [2.75, 3.05) is 56.8 Å². The number of aromatic nitrogens is 1. The van der Waals surface area contributed by atoms with Crippen LogP contribution in [0.4, 0.5) is 5.69 Å². The monoisotopic (exact) mass is 689 g/mol. The summed E-state index contributed by atoms with van der Waals surface area (Å²) in [7, 11) is -5.05. The lowest BCUT2D eigenvalue weighted by Crippen LogP contribution is -3.11. The molecule has 244 valence electrons. The lowest BCUT2D eigenvalue weighted by atomic mass is 10.2. The molecule has 1 aliphatic rings. The molecular weight excluding hydrogens is 647 g/mol. The summed E-state index contributed by atoms with van der Waals surface area (Å²) in [4.78, 5) is 4.64. The average Bonchev–Trinajstić information content (AvgIpc) is 3.49. The van der Waals surface area contributed by atoms with Crippen LogP contribution in [0, 0.1) is 0 Å². The molecule has 1 aromatic heterocycles. The fourth-order valence-electron chi connectivity index (χ4n) is 4.76. The summed E-state index contributed by atoms with van der Waals surface area (Å²) < 4.78 is 77.4. The Balaban J connectivity index is 0.000000676. The Labute approximate surface area is 269 Å². The molecule has 11 nitrogen and oxygen atoms in total. The van der Waals surface area contributed by atoms with Gasteiger partial charge >= 0.3 is 0 Å². The van der Waals surface area contributed by atoms with Gasteiger partial charge in [0.05, 0.1) is 68.2 Å². The molecule has 3 N–H and O–H groups in total. The Morgan fingerprint density at radius 1 is 0.886 bits per heavy atom. The van der Waals surface area contributed by atoms with Crippen LogP contribution < -0.4 is 23.8 Å². The molecule has 4 rings (SSSR count). The largest absolute Gasteiger partial charge is 0.497 e. The van der Waals surface area contributed by atoms with Gasteiger partial charge in [0, 0.05) is 23.9 Å². The predicted molar refractivity (Wildman–Crippen MR) is 177 cm³/mol. The van der Waals surface area contributed by atoms with E-state index in [0.29, 0.717) is 24.6 Å². The van der Waals surface area contributed by atoms with Crippen LogP contribution in [0.5, 0.6) is 11.5 Å².